The van der Waals surface area contributed by atoms with Gasteiger partial charge in [-0.15, -0.1) is 0 Å². The van der Waals surface area contributed by atoms with Gasteiger partial charge < -0.3 is 35.9 Å². The van der Waals surface area contributed by atoms with E-state index in [-0.39, 0.29) is 17.0 Å². The van der Waals surface area contributed by atoms with Crippen LogP contribution in [0.5, 0.6) is 0 Å². The zero-order valence-electron chi connectivity index (χ0n) is 16.3. The van der Waals surface area contributed by atoms with Gasteiger partial charge in [-0.05, 0) is 0 Å². The summed E-state index contributed by atoms with van der Waals surface area (Å²) in [5.74, 6) is -2.98. The molecule has 2 heterocycles. The number of hydrogen-bond acceptors (Lipinski definition) is 9. The SMILES string of the molecule is COC(=O)C1OC([n+]2ccccc2)C(OC(C)=O)C(OC(C)=O)C1OC(C)=O.[Br-]. The molecule has 0 amide bonds. The highest BCUT2D eigenvalue weighted by Crippen LogP contribution is 2.32. The van der Waals surface area contributed by atoms with E-state index in [0.717, 1.165) is 21.0 Å². The highest BCUT2D eigenvalue weighted by atomic mass is 79.9. The standard InChI is InChI=1S/C18H22NO9.BrH/c1-10(20)25-13-14(26-11(2)21)16(18(23)24-4)28-17(15(13)27-12(3)22)19-8-6-5-7-9-19;/h5-9,13-17H,1-4H3;1H/q+1;/p-1. The lowest BCUT2D eigenvalue weighted by Gasteiger charge is -2.40. The molecule has 1 saturated heterocycles. The molecular formula is C18H22BrNO9. The lowest BCUT2D eigenvalue weighted by Crippen LogP contribution is -3.00. The number of nitrogens with zero attached hydrogens (tertiary/aromatic N) is 1. The Labute approximate surface area is 177 Å². The van der Waals surface area contributed by atoms with Crippen molar-refractivity contribution in [3.63, 3.8) is 0 Å². The molecule has 1 aliphatic rings. The Hall–Kier alpha value is -2.53. The van der Waals surface area contributed by atoms with Gasteiger partial charge in [-0.3, -0.25) is 19.1 Å². The smallest absolute Gasteiger partial charge is 0.339 e. The topological polar surface area (TPSA) is 118 Å². The molecule has 2 rings (SSSR count). The normalized spacial score (nSPS) is 25.7. The van der Waals surface area contributed by atoms with E-state index in [4.69, 9.17) is 23.7 Å². The van der Waals surface area contributed by atoms with E-state index in [1.54, 1.807) is 30.6 Å². The Kier molecular flexibility index (Phi) is 9.18. The minimum Gasteiger partial charge on any atom is -1.00 e. The highest BCUT2D eigenvalue weighted by molar-refractivity contribution is 5.77. The summed E-state index contributed by atoms with van der Waals surface area (Å²) in [6.07, 6.45) is -3.11. The summed E-state index contributed by atoms with van der Waals surface area (Å²) in [6.45, 7) is 3.44. The maximum Gasteiger partial charge on any atom is 0.339 e. The molecule has 5 unspecified atom stereocenters. The number of halogens is 1. The minimum absolute atomic E-state index is 0. The van der Waals surface area contributed by atoms with E-state index in [9.17, 15) is 19.2 Å². The zero-order valence-corrected chi connectivity index (χ0v) is 17.9. The lowest BCUT2D eigenvalue weighted by molar-refractivity contribution is -0.776. The second-order valence-corrected chi connectivity index (χ2v) is 6.02. The minimum atomic E-state index is -1.41. The molecule has 10 nitrogen and oxygen atoms in total. The van der Waals surface area contributed by atoms with Crippen molar-refractivity contribution in [2.24, 2.45) is 0 Å². The van der Waals surface area contributed by atoms with Crippen LogP contribution in [-0.4, -0.2) is 55.4 Å². The van der Waals surface area contributed by atoms with Crippen molar-refractivity contribution in [1.29, 1.82) is 0 Å². The Morgan fingerprint density at radius 2 is 1.28 bits per heavy atom. The van der Waals surface area contributed by atoms with Gasteiger partial charge in [-0.2, -0.15) is 4.57 Å². The van der Waals surface area contributed by atoms with Crippen LogP contribution < -0.4 is 21.5 Å². The highest BCUT2D eigenvalue weighted by Gasteiger charge is 2.58. The van der Waals surface area contributed by atoms with Gasteiger partial charge in [0.2, 0.25) is 12.2 Å². The summed E-state index contributed by atoms with van der Waals surface area (Å²) in [7, 11) is 1.14. The first-order chi connectivity index (χ1) is 13.2. The third-order valence-corrected chi connectivity index (χ3v) is 3.89. The molecule has 1 aromatic rings. The molecule has 1 aliphatic heterocycles. The average Bonchev–Trinajstić information content (AvgIpc) is 2.63. The van der Waals surface area contributed by atoms with Crippen LogP contribution in [0.2, 0.25) is 0 Å². The Morgan fingerprint density at radius 3 is 1.76 bits per heavy atom. The van der Waals surface area contributed by atoms with Crippen molar-refractivity contribution in [3.05, 3.63) is 30.6 Å². The van der Waals surface area contributed by atoms with Gasteiger partial charge in [-0.25, -0.2) is 4.79 Å². The average molecular weight is 476 g/mol. The first-order valence-electron chi connectivity index (χ1n) is 8.45. The maximum absolute atomic E-state index is 12.3. The molecule has 0 bridgehead atoms. The molecule has 0 N–H and O–H groups in total. The second kappa shape index (κ2) is 10.9. The van der Waals surface area contributed by atoms with Gasteiger partial charge in [-0.1, -0.05) is 6.07 Å². The monoisotopic (exact) mass is 475 g/mol. The zero-order chi connectivity index (χ0) is 20.8. The maximum atomic E-state index is 12.3. The van der Waals surface area contributed by atoms with Crippen LogP contribution in [0.4, 0.5) is 0 Å². The van der Waals surface area contributed by atoms with Crippen LogP contribution in [0, 0.1) is 0 Å². The first-order valence-corrected chi connectivity index (χ1v) is 8.45. The molecule has 1 aromatic heterocycles. The second-order valence-electron chi connectivity index (χ2n) is 6.02. The van der Waals surface area contributed by atoms with Crippen molar-refractivity contribution in [3.8, 4) is 0 Å². The van der Waals surface area contributed by atoms with Crippen molar-refractivity contribution in [2.75, 3.05) is 7.11 Å². The summed E-state index contributed by atoms with van der Waals surface area (Å²) >= 11 is 0. The van der Waals surface area contributed by atoms with Gasteiger partial charge in [0.25, 0.3) is 0 Å². The van der Waals surface area contributed by atoms with Crippen LogP contribution in [0.15, 0.2) is 30.6 Å². The van der Waals surface area contributed by atoms with Crippen molar-refractivity contribution in [1.82, 2.24) is 0 Å². The fraction of sp³-hybridized carbons (Fsp3) is 0.500. The molecule has 0 aromatic carbocycles. The van der Waals surface area contributed by atoms with Crippen LogP contribution in [0.3, 0.4) is 0 Å². The summed E-state index contributed by atoms with van der Waals surface area (Å²) in [5, 5.41) is 0. The van der Waals surface area contributed by atoms with E-state index >= 15 is 0 Å². The summed E-state index contributed by atoms with van der Waals surface area (Å²) in [5.41, 5.74) is 0. The quantitative estimate of drug-likeness (QED) is 0.247. The van der Waals surface area contributed by atoms with Gasteiger partial charge in [0.1, 0.15) is 0 Å². The van der Waals surface area contributed by atoms with Crippen LogP contribution in [-0.2, 0) is 42.9 Å². The fourth-order valence-electron chi connectivity index (χ4n) is 2.92. The molecule has 29 heavy (non-hydrogen) atoms. The summed E-state index contributed by atoms with van der Waals surface area (Å²) in [4.78, 5) is 47.3. The molecule has 160 valence electrons. The van der Waals surface area contributed by atoms with Gasteiger partial charge >= 0.3 is 30.1 Å². The number of esters is 4. The van der Waals surface area contributed by atoms with Crippen molar-refractivity contribution < 1.29 is 64.4 Å². The van der Waals surface area contributed by atoms with E-state index in [2.05, 4.69) is 0 Å². The number of aromatic nitrogens is 1. The fourth-order valence-corrected chi connectivity index (χ4v) is 2.92. The molecular weight excluding hydrogens is 454 g/mol. The number of pyridine rings is 1. The molecule has 0 spiro atoms. The number of hydrogen-bond donors (Lipinski definition) is 0. The van der Waals surface area contributed by atoms with Gasteiger partial charge in [0.05, 0.1) is 7.11 Å². The lowest BCUT2D eigenvalue weighted by atomic mass is 9.96. The number of carbonyl (C=O) groups is 4. The van der Waals surface area contributed by atoms with Crippen molar-refractivity contribution >= 4 is 23.9 Å². The molecule has 5 atom stereocenters. The van der Waals surface area contributed by atoms with E-state index < -0.39 is 54.5 Å². The van der Waals surface area contributed by atoms with E-state index in [0.29, 0.717) is 0 Å². The molecule has 0 aliphatic carbocycles. The number of methoxy groups -OCH3 is 1. The molecule has 0 radical (unpaired) electrons. The van der Waals surface area contributed by atoms with Crippen LogP contribution >= 0.6 is 0 Å². The van der Waals surface area contributed by atoms with E-state index in [1.165, 1.54) is 11.5 Å². The predicted octanol–water partition coefficient (Wildman–Crippen LogP) is -3.16. The summed E-state index contributed by atoms with van der Waals surface area (Å²) in [6, 6.07) is 5.14. The molecule has 11 heteroatoms. The third kappa shape index (κ3) is 6.23. The summed E-state index contributed by atoms with van der Waals surface area (Å²) < 4.78 is 27.9. The largest absolute Gasteiger partial charge is 1.00 e. The first kappa shape index (κ1) is 24.5. The molecule has 1 fully saturated rings. The van der Waals surface area contributed by atoms with Crippen molar-refractivity contribution in [2.45, 2.75) is 51.4 Å². The number of carbonyl (C=O) groups excluding carboxylic acids is 4. The van der Waals surface area contributed by atoms with Crippen LogP contribution in [0.25, 0.3) is 0 Å². The van der Waals surface area contributed by atoms with Gasteiger partial charge in [0, 0.05) is 32.9 Å². The third-order valence-electron chi connectivity index (χ3n) is 3.89. The number of rotatable bonds is 5. The Balaban J connectivity index is 0.00000420. The van der Waals surface area contributed by atoms with Crippen LogP contribution in [0.1, 0.15) is 27.0 Å². The Bertz CT molecular complexity index is 742. The Morgan fingerprint density at radius 1 is 0.793 bits per heavy atom. The molecule has 0 saturated carbocycles. The van der Waals surface area contributed by atoms with Gasteiger partial charge in [0.15, 0.2) is 24.6 Å². The van der Waals surface area contributed by atoms with E-state index in [1.807, 2.05) is 0 Å². The predicted molar refractivity (Wildman–Crippen MR) is 89.2 cm³/mol. The number of ether oxygens (including phenoxy) is 5.